The molecule has 0 spiro atoms. The zero-order valence-corrected chi connectivity index (χ0v) is 8.83. The van der Waals surface area contributed by atoms with Gasteiger partial charge < -0.3 is 20.5 Å². The van der Waals surface area contributed by atoms with Crippen molar-refractivity contribution in [1.29, 1.82) is 0 Å². The Bertz CT molecular complexity index is 235. The first-order valence-electron chi connectivity index (χ1n) is 5.43. The maximum atomic E-state index is 11.5. The lowest BCUT2D eigenvalue weighted by Gasteiger charge is -2.37. The van der Waals surface area contributed by atoms with Gasteiger partial charge in [-0.15, -0.1) is 0 Å². The van der Waals surface area contributed by atoms with Gasteiger partial charge in [-0.2, -0.15) is 0 Å². The number of amides is 1. The molecule has 0 bridgehead atoms. The van der Waals surface area contributed by atoms with Crippen LogP contribution < -0.4 is 11.1 Å². The topological polar surface area (TPSA) is 73.6 Å². The third-order valence-corrected chi connectivity index (χ3v) is 2.84. The fourth-order valence-corrected chi connectivity index (χ4v) is 1.88. The van der Waals surface area contributed by atoms with Gasteiger partial charge in [0.1, 0.15) is 0 Å². The van der Waals surface area contributed by atoms with Gasteiger partial charge in [0.15, 0.2) is 0 Å². The molecular weight excluding hydrogens is 196 g/mol. The molecule has 0 aromatic rings. The van der Waals surface area contributed by atoms with Gasteiger partial charge >= 0.3 is 0 Å². The molecule has 1 atom stereocenters. The Balaban J connectivity index is 1.63. The summed E-state index contributed by atoms with van der Waals surface area (Å²) in [7, 11) is 0. The van der Waals surface area contributed by atoms with Gasteiger partial charge in [-0.1, -0.05) is 0 Å². The molecule has 3 N–H and O–H groups in total. The van der Waals surface area contributed by atoms with Crippen LogP contribution in [-0.2, 0) is 14.3 Å². The van der Waals surface area contributed by atoms with E-state index in [2.05, 4.69) is 5.32 Å². The van der Waals surface area contributed by atoms with Gasteiger partial charge in [-0.25, -0.2) is 0 Å². The summed E-state index contributed by atoms with van der Waals surface area (Å²) in [5.74, 6) is -0.00343. The molecule has 5 heteroatoms. The smallest absolute Gasteiger partial charge is 0.222 e. The monoisotopic (exact) mass is 214 g/mol. The summed E-state index contributed by atoms with van der Waals surface area (Å²) in [6.45, 7) is 2.39. The van der Waals surface area contributed by atoms with Crippen LogP contribution in [0.1, 0.15) is 19.3 Å². The molecule has 1 amide bonds. The van der Waals surface area contributed by atoms with Gasteiger partial charge in [-0.3, -0.25) is 4.79 Å². The van der Waals surface area contributed by atoms with Crippen LogP contribution in [0.2, 0.25) is 0 Å². The molecule has 2 fully saturated rings. The third kappa shape index (κ3) is 2.90. The summed E-state index contributed by atoms with van der Waals surface area (Å²) in [4.78, 5) is 11.5. The van der Waals surface area contributed by atoms with E-state index in [1.54, 1.807) is 0 Å². The SMILES string of the molecule is NC1(CC(=O)NCC2CCCO2)COC1. The zero-order valence-electron chi connectivity index (χ0n) is 8.83. The summed E-state index contributed by atoms with van der Waals surface area (Å²) in [5, 5.41) is 2.85. The number of nitrogens with one attached hydrogen (secondary N) is 1. The number of ether oxygens (including phenoxy) is 2. The van der Waals surface area contributed by atoms with E-state index in [0.717, 1.165) is 19.4 Å². The van der Waals surface area contributed by atoms with Gasteiger partial charge in [-0.05, 0) is 12.8 Å². The van der Waals surface area contributed by atoms with Crippen LogP contribution in [0, 0.1) is 0 Å². The van der Waals surface area contributed by atoms with Crippen LogP contribution in [0.3, 0.4) is 0 Å². The third-order valence-electron chi connectivity index (χ3n) is 2.84. The van der Waals surface area contributed by atoms with Crippen molar-refractivity contribution >= 4 is 5.91 Å². The van der Waals surface area contributed by atoms with Gasteiger partial charge in [0, 0.05) is 19.6 Å². The first-order chi connectivity index (χ1) is 7.18. The Hall–Kier alpha value is -0.650. The molecule has 2 rings (SSSR count). The number of carbonyl (C=O) groups excluding carboxylic acids is 1. The van der Waals surface area contributed by atoms with Crippen molar-refractivity contribution in [2.75, 3.05) is 26.4 Å². The van der Waals surface area contributed by atoms with Crippen molar-refractivity contribution in [1.82, 2.24) is 5.32 Å². The van der Waals surface area contributed by atoms with Crippen LogP contribution in [0.5, 0.6) is 0 Å². The molecule has 1 unspecified atom stereocenters. The zero-order chi connectivity index (χ0) is 10.7. The highest BCUT2D eigenvalue weighted by molar-refractivity contribution is 5.77. The van der Waals surface area contributed by atoms with Gasteiger partial charge in [0.05, 0.1) is 24.9 Å². The van der Waals surface area contributed by atoms with E-state index in [1.165, 1.54) is 0 Å². The highest BCUT2D eigenvalue weighted by atomic mass is 16.5. The first-order valence-corrected chi connectivity index (χ1v) is 5.43. The maximum absolute atomic E-state index is 11.5. The second kappa shape index (κ2) is 4.47. The molecule has 2 heterocycles. The molecular formula is C10H18N2O3. The summed E-state index contributed by atoms with van der Waals surface area (Å²) in [5.41, 5.74) is 5.44. The van der Waals surface area contributed by atoms with Crippen LogP contribution in [-0.4, -0.2) is 43.9 Å². The Kier molecular flexibility index (Phi) is 3.23. The highest BCUT2D eigenvalue weighted by Gasteiger charge is 2.36. The van der Waals surface area contributed by atoms with Gasteiger partial charge in [0.2, 0.25) is 5.91 Å². The Morgan fingerprint density at radius 2 is 2.33 bits per heavy atom. The average Bonchev–Trinajstić information content (AvgIpc) is 2.64. The average molecular weight is 214 g/mol. The number of nitrogens with two attached hydrogens (primary N) is 1. The standard InChI is InChI=1S/C10H18N2O3/c11-10(6-14-7-10)4-9(13)12-5-8-2-1-3-15-8/h8H,1-7,11H2,(H,12,13). The number of hydrogen-bond acceptors (Lipinski definition) is 4. The normalized spacial score (nSPS) is 28.5. The number of rotatable bonds is 4. The van der Waals surface area contributed by atoms with Crippen LogP contribution >= 0.6 is 0 Å². The maximum Gasteiger partial charge on any atom is 0.222 e. The summed E-state index contributed by atoms with van der Waals surface area (Å²) < 4.78 is 10.4. The number of hydrogen-bond donors (Lipinski definition) is 2. The molecule has 0 aromatic heterocycles. The van der Waals surface area contributed by atoms with Crippen LogP contribution in [0.15, 0.2) is 0 Å². The molecule has 2 aliphatic rings. The number of carbonyl (C=O) groups is 1. The van der Waals surface area contributed by atoms with E-state index in [-0.39, 0.29) is 12.0 Å². The molecule has 0 radical (unpaired) electrons. The molecule has 0 saturated carbocycles. The summed E-state index contributed by atoms with van der Waals surface area (Å²) >= 11 is 0. The molecule has 2 aliphatic heterocycles. The second-order valence-electron chi connectivity index (χ2n) is 4.47. The van der Waals surface area contributed by atoms with E-state index in [9.17, 15) is 4.79 Å². The quantitative estimate of drug-likeness (QED) is 0.655. The van der Waals surface area contributed by atoms with E-state index < -0.39 is 5.54 Å². The van der Waals surface area contributed by atoms with E-state index in [0.29, 0.717) is 26.2 Å². The van der Waals surface area contributed by atoms with E-state index in [1.807, 2.05) is 0 Å². The van der Waals surface area contributed by atoms with E-state index in [4.69, 9.17) is 15.2 Å². The molecule has 86 valence electrons. The Morgan fingerprint density at radius 3 is 2.87 bits per heavy atom. The lowest BCUT2D eigenvalue weighted by atomic mass is 9.94. The van der Waals surface area contributed by atoms with Crippen molar-refractivity contribution < 1.29 is 14.3 Å². The fourth-order valence-electron chi connectivity index (χ4n) is 1.88. The molecule has 0 aromatic carbocycles. The molecule has 0 aliphatic carbocycles. The van der Waals surface area contributed by atoms with Crippen molar-refractivity contribution in [3.8, 4) is 0 Å². The van der Waals surface area contributed by atoms with E-state index >= 15 is 0 Å². The fraction of sp³-hybridized carbons (Fsp3) is 0.900. The molecule has 15 heavy (non-hydrogen) atoms. The predicted molar refractivity (Wildman–Crippen MR) is 54.3 cm³/mol. The Morgan fingerprint density at radius 1 is 1.53 bits per heavy atom. The largest absolute Gasteiger partial charge is 0.377 e. The van der Waals surface area contributed by atoms with Crippen molar-refractivity contribution in [3.05, 3.63) is 0 Å². The molecule has 5 nitrogen and oxygen atoms in total. The van der Waals surface area contributed by atoms with Crippen molar-refractivity contribution in [2.45, 2.75) is 30.9 Å². The predicted octanol–water partition coefficient (Wildman–Crippen LogP) is -0.601. The Labute approximate surface area is 89.3 Å². The summed E-state index contributed by atoms with van der Waals surface area (Å²) in [6.07, 6.45) is 2.67. The second-order valence-corrected chi connectivity index (χ2v) is 4.47. The first kappa shape index (κ1) is 10.9. The minimum absolute atomic E-state index is 0.00343. The van der Waals surface area contributed by atoms with Gasteiger partial charge in [0.25, 0.3) is 0 Å². The van der Waals surface area contributed by atoms with Crippen LogP contribution in [0.25, 0.3) is 0 Å². The lowest BCUT2D eigenvalue weighted by Crippen LogP contribution is -2.59. The minimum Gasteiger partial charge on any atom is -0.377 e. The van der Waals surface area contributed by atoms with Crippen molar-refractivity contribution in [2.24, 2.45) is 5.73 Å². The molecule has 2 saturated heterocycles. The van der Waals surface area contributed by atoms with Crippen molar-refractivity contribution in [3.63, 3.8) is 0 Å². The summed E-state index contributed by atoms with van der Waals surface area (Å²) in [6, 6.07) is 0. The lowest BCUT2D eigenvalue weighted by molar-refractivity contribution is -0.128. The van der Waals surface area contributed by atoms with Crippen LogP contribution in [0.4, 0.5) is 0 Å². The minimum atomic E-state index is -0.430. The highest BCUT2D eigenvalue weighted by Crippen LogP contribution is 2.17.